The van der Waals surface area contributed by atoms with E-state index in [2.05, 4.69) is 23.6 Å². The van der Waals surface area contributed by atoms with E-state index < -0.39 is 10.0 Å². The van der Waals surface area contributed by atoms with Gasteiger partial charge in [-0.3, -0.25) is 9.71 Å². The highest BCUT2D eigenvalue weighted by atomic mass is 32.2. The van der Waals surface area contributed by atoms with Gasteiger partial charge in [-0.15, -0.1) is 0 Å². The van der Waals surface area contributed by atoms with Crippen LogP contribution in [-0.2, 0) is 10.0 Å². The molecule has 16 heavy (non-hydrogen) atoms. The predicted octanol–water partition coefficient (Wildman–Crippen LogP) is 1.14. The Kier molecular flexibility index (Phi) is 6.40. The topological polar surface area (TPSA) is 61.8 Å². The van der Waals surface area contributed by atoms with Crippen LogP contribution >= 0.6 is 0 Å². The summed E-state index contributed by atoms with van der Waals surface area (Å²) < 4.78 is 24.5. The highest BCUT2D eigenvalue weighted by Crippen LogP contribution is 2.03. The van der Waals surface area contributed by atoms with Gasteiger partial charge >= 0.3 is 0 Å². The van der Waals surface area contributed by atoms with E-state index in [1.54, 1.807) is 19.0 Å². The smallest absolute Gasteiger partial charge is 0.232 e. The first-order valence-corrected chi connectivity index (χ1v) is 7.31. The van der Waals surface area contributed by atoms with Gasteiger partial charge in [0.15, 0.2) is 0 Å². The van der Waals surface area contributed by atoms with Gasteiger partial charge in [-0.2, -0.15) is 0 Å². The fourth-order valence-electron chi connectivity index (χ4n) is 1.12. The fourth-order valence-corrected chi connectivity index (χ4v) is 1.69. The minimum atomic E-state index is -3.24. The summed E-state index contributed by atoms with van der Waals surface area (Å²) in [6, 6.07) is 0. The van der Waals surface area contributed by atoms with Gasteiger partial charge in [0, 0.05) is 22.1 Å². The van der Waals surface area contributed by atoms with E-state index in [0.29, 0.717) is 18.4 Å². The lowest BCUT2D eigenvalue weighted by molar-refractivity contribution is 0.551. The lowest BCUT2D eigenvalue weighted by Crippen LogP contribution is -2.39. The van der Waals surface area contributed by atoms with Crippen molar-refractivity contribution in [3.05, 3.63) is 0 Å². The molecule has 0 aliphatic rings. The molecular formula is C10H25N3O2S. The highest BCUT2D eigenvalue weighted by molar-refractivity contribution is 7.89. The van der Waals surface area contributed by atoms with Crippen molar-refractivity contribution >= 4 is 16.0 Å². The van der Waals surface area contributed by atoms with Crippen molar-refractivity contribution in [1.29, 1.82) is 0 Å². The molecule has 0 aromatic heterocycles. The second-order valence-corrected chi connectivity index (χ2v) is 6.26. The zero-order chi connectivity index (χ0) is 12.8. The first kappa shape index (κ1) is 15.2. The largest absolute Gasteiger partial charge is 0.348 e. The lowest BCUT2D eigenvalue weighted by atomic mass is 10.1. The molecule has 0 saturated carbocycles. The molecule has 0 rings (SSSR count). The summed E-state index contributed by atoms with van der Waals surface area (Å²) in [6.07, 6.45) is 3.20. The minimum Gasteiger partial charge on any atom is -0.348 e. The van der Waals surface area contributed by atoms with Crippen LogP contribution in [-0.4, -0.2) is 46.2 Å². The Balaban J connectivity index is 0. The van der Waals surface area contributed by atoms with E-state index in [1.807, 2.05) is 0 Å². The molecule has 0 aromatic rings. The molecule has 0 atom stereocenters. The molecule has 0 heterocycles. The van der Waals surface area contributed by atoms with E-state index in [1.165, 1.54) is 0 Å². The molecule has 0 aliphatic carbocycles. The van der Waals surface area contributed by atoms with Crippen LogP contribution in [0.25, 0.3) is 0 Å². The van der Waals surface area contributed by atoms with Crippen molar-refractivity contribution in [3.8, 4) is 0 Å². The Morgan fingerprint density at radius 3 is 2.38 bits per heavy atom. The number of rotatable bonds is 5. The minimum absolute atomic E-state index is 0. The van der Waals surface area contributed by atoms with Crippen LogP contribution in [0.5, 0.6) is 0 Å². The van der Waals surface area contributed by atoms with E-state index >= 15 is 0 Å². The quantitative estimate of drug-likeness (QED) is 0.453. The molecule has 0 aliphatic heterocycles. The SMILES string of the molecule is CC(C)CCCN=C(NS(C)(=O)=O)N(C)C.[HH]. The normalized spacial score (nSPS) is 13.0. The maximum atomic E-state index is 11.1. The van der Waals surface area contributed by atoms with Gasteiger partial charge in [-0.1, -0.05) is 13.8 Å². The molecule has 0 saturated heterocycles. The maximum absolute atomic E-state index is 11.1. The first-order chi connectivity index (χ1) is 7.22. The molecule has 1 N–H and O–H groups in total. The van der Waals surface area contributed by atoms with Gasteiger partial charge < -0.3 is 4.90 Å². The summed E-state index contributed by atoms with van der Waals surface area (Å²) in [5.74, 6) is 1.05. The van der Waals surface area contributed by atoms with E-state index in [0.717, 1.165) is 19.1 Å². The molecule has 0 amide bonds. The van der Waals surface area contributed by atoms with Gasteiger partial charge in [0.05, 0.1) is 6.26 Å². The van der Waals surface area contributed by atoms with E-state index in [-0.39, 0.29) is 1.43 Å². The average molecular weight is 251 g/mol. The Labute approximate surface area is 100 Å². The summed E-state index contributed by atoms with van der Waals surface area (Å²) in [7, 11) is 0.282. The number of sulfonamides is 1. The third kappa shape index (κ3) is 8.52. The van der Waals surface area contributed by atoms with Crippen LogP contribution in [0.3, 0.4) is 0 Å². The van der Waals surface area contributed by atoms with Gasteiger partial charge in [-0.25, -0.2) is 8.42 Å². The van der Waals surface area contributed by atoms with Crippen molar-refractivity contribution < 1.29 is 9.84 Å². The van der Waals surface area contributed by atoms with Crippen molar-refractivity contribution in [2.24, 2.45) is 10.9 Å². The summed E-state index contributed by atoms with van der Waals surface area (Å²) >= 11 is 0. The number of hydrogen-bond donors (Lipinski definition) is 1. The number of hydrogen-bond acceptors (Lipinski definition) is 3. The van der Waals surface area contributed by atoms with Crippen molar-refractivity contribution in [2.45, 2.75) is 26.7 Å². The van der Waals surface area contributed by atoms with Crippen molar-refractivity contribution in [2.75, 3.05) is 26.9 Å². The van der Waals surface area contributed by atoms with Gasteiger partial charge in [0.25, 0.3) is 0 Å². The Morgan fingerprint density at radius 1 is 1.44 bits per heavy atom. The zero-order valence-electron chi connectivity index (χ0n) is 10.8. The molecule has 6 heteroatoms. The van der Waals surface area contributed by atoms with Gasteiger partial charge in [-0.05, 0) is 18.8 Å². The van der Waals surface area contributed by atoms with E-state index in [9.17, 15) is 8.42 Å². The van der Waals surface area contributed by atoms with E-state index in [4.69, 9.17) is 0 Å². The molecule has 5 nitrogen and oxygen atoms in total. The second kappa shape index (κ2) is 6.73. The number of guanidine groups is 1. The van der Waals surface area contributed by atoms with Gasteiger partial charge in [0.2, 0.25) is 16.0 Å². The molecule has 0 aromatic carbocycles. The van der Waals surface area contributed by atoms with Gasteiger partial charge in [0.1, 0.15) is 0 Å². The average Bonchev–Trinajstić information content (AvgIpc) is 2.07. The number of nitrogens with zero attached hydrogens (tertiary/aromatic N) is 2. The number of nitrogens with one attached hydrogen (secondary N) is 1. The molecule has 0 bridgehead atoms. The molecule has 0 fully saturated rings. The Bertz CT molecular complexity index is 326. The van der Waals surface area contributed by atoms with Crippen molar-refractivity contribution in [1.82, 2.24) is 9.62 Å². The third-order valence-corrected chi connectivity index (χ3v) is 2.45. The molecule has 0 radical (unpaired) electrons. The zero-order valence-corrected chi connectivity index (χ0v) is 11.6. The molecule has 0 spiro atoms. The molecule has 98 valence electrons. The first-order valence-electron chi connectivity index (χ1n) is 5.42. The third-order valence-electron chi connectivity index (χ3n) is 1.90. The second-order valence-electron chi connectivity index (χ2n) is 4.51. The standard InChI is InChI=1S/C10H23N3O2S.H2/c1-9(2)7-6-8-11-10(13(3)4)12-16(5,14)15;/h9H,6-8H2,1-5H3,(H,11,12);1H. The highest BCUT2D eigenvalue weighted by Gasteiger charge is 2.07. The predicted molar refractivity (Wildman–Crippen MR) is 70.2 cm³/mol. The van der Waals surface area contributed by atoms with Crippen LogP contribution < -0.4 is 4.72 Å². The monoisotopic (exact) mass is 251 g/mol. The van der Waals surface area contributed by atoms with Crippen molar-refractivity contribution in [3.63, 3.8) is 0 Å². The summed E-state index contributed by atoms with van der Waals surface area (Å²) in [5, 5.41) is 0. The van der Waals surface area contributed by atoms with Crippen LogP contribution in [0.4, 0.5) is 0 Å². The lowest BCUT2D eigenvalue weighted by Gasteiger charge is -2.16. The van der Waals surface area contributed by atoms with Crippen LogP contribution in [0, 0.1) is 5.92 Å². The maximum Gasteiger partial charge on any atom is 0.232 e. The van der Waals surface area contributed by atoms with Crippen LogP contribution in [0.2, 0.25) is 0 Å². The fraction of sp³-hybridized carbons (Fsp3) is 0.900. The molecule has 0 unspecified atom stereocenters. The summed E-state index contributed by atoms with van der Waals surface area (Å²) in [4.78, 5) is 5.90. The Morgan fingerprint density at radius 2 is 2.00 bits per heavy atom. The molecular weight excluding hydrogens is 226 g/mol. The Hall–Kier alpha value is -0.780. The van der Waals surface area contributed by atoms with Crippen LogP contribution in [0.1, 0.15) is 28.1 Å². The number of aliphatic imine (C=N–C) groups is 1. The van der Waals surface area contributed by atoms with Crippen LogP contribution in [0.15, 0.2) is 4.99 Å². The summed E-state index contributed by atoms with van der Waals surface area (Å²) in [6.45, 7) is 4.96. The summed E-state index contributed by atoms with van der Waals surface area (Å²) in [5.41, 5.74) is 0.